The molecule has 1 aromatic rings. The number of carbonyl (C=O) groups excluding carboxylic acids is 1. The molecule has 4 nitrogen and oxygen atoms in total. The summed E-state index contributed by atoms with van der Waals surface area (Å²) in [6, 6.07) is 9.62. The number of anilines is 1. The molecule has 0 spiro atoms. The molecule has 1 saturated carbocycles. The van der Waals surface area contributed by atoms with Crippen molar-refractivity contribution in [3.63, 3.8) is 0 Å². The molecular formula is C16H23N3OS. The van der Waals surface area contributed by atoms with E-state index >= 15 is 0 Å². The number of carbonyl (C=O) groups is 1. The maximum atomic E-state index is 11.8. The second-order valence-corrected chi connectivity index (χ2v) is 5.94. The van der Waals surface area contributed by atoms with Crippen LogP contribution in [-0.4, -0.2) is 11.0 Å². The zero-order chi connectivity index (χ0) is 14.9. The number of hydrogen-bond donors (Lipinski definition) is 3. The van der Waals surface area contributed by atoms with Gasteiger partial charge in [0.1, 0.15) is 0 Å². The molecule has 0 aliphatic heterocycles. The molecule has 0 radical (unpaired) electrons. The van der Waals surface area contributed by atoms with Crippen LogP contribution in [0.4, 0.5) is 5.69 Å². The Hall–Kier alpha value is -1.62. The third-order valence-electron chi connectivity index (χ3n) is 3.85. The molecule has 2 rings (SSSR count). The van der Waals surface area contributed by atoms with Crippen LogP contribution in [0, 0.1) is 5.92 Å². The van der Waals surface area contributed by atoms with Gasteiger partial charge in [-0.2, -0.15) is 0 Å². The van der Waals surface area contributed by atoms with Crippen LogP contribution in [-0.2, 0) is 4.79 Å². The van der Waals surface area contributed by atoms with Gasteiger partial charge in [0.2, 0.25) is 5.91 Å². The lowest BCUT2D eigenvalue weighted by Crippen LogP contribution is -2.43. The van der Waals surface area contributed by atoms with Crippen LogP contribution in [0.1, 0.15) is 44.9 Å². The number of hydrazine groups is 1. The Morgan fingerprint density at radius 2 is 1.81 bits per heavy atom. The molecule has 0 saturated heterocycles. The molecule has 1 aliphatic rings. The number of benzene rings is 1. The van der Waals surface area contributed by atoms with Gasteiger partial charge in [-0.25, -0.2) is 0 Å². The Kier molecular flexibility index (Phi) is 6.47. The van der Waals surface area contributed by atoms with Crippen LogP contribution < -0.4 is 16.2 Å². The molecule has 1 fully saturated rings. The van der Waals surface area contributed by atoms with Crippen LogP contribution in [0.25, 0.3) is 0 Å². The Morgan fingerprint density at radius 3 is 2.52 bits per heavy atom. The highest BCUT2D eigenvalue weighted by atomic mass is 32.1. The highest BCUT2D eigenvalue weighted by Gasteiger charge is 2.14. The molecule has 114 valence electrons. The second kappa shape index (κ2) is 8.62. The van der Waals surface area contributed by atoms with Crippen molar-refractivity contribution in [1.29, 1.82) is 0 Å². The first-order valence-electron chi connectivity index (χ1n) is 7.65. The third kappa shape index (κ3) is 6.12. The average molecular weight is 305 g/mol. The van der Waals surface area contributed by atoms with Gasteiger partial charge in [0, 0.05) is 12.1 Å². The summed E-state index contributed by atoms with van der Waals surface area (Å²) in [4.78, 5) is 11.8. The van der Waals surface area contributed by atoms with Crippen LogP contribution in [0.2, 0.25) is 0 Å². The lowest BCUT2D eigenvalue weighted by Gasteiger charge is -2.21. The van der Waals surface area contributed by atoms with Crippen molar-refractivity contribution < 1.29 is 4.79 Å². The van der Waals surface area contributed by atoms with E-state index in [1.54, 1.807) is 0 Å². The number of amides is 1. The minimum atomic E-state index is -0.00205. The summed E-state index contributed by atoms with van der Waals surface area (Å²) in [6.07, 6.45) is 8.07. The molecular weight excluding hydrogens is 282 g/mol. The summed E-state index contributed by atoms with van der Waals surface area (Å²) in [5, 5.41) is 3.40. The Labute approximate surface area is 131 Å². The molecule has 1 aromatic carbocycles. The highest BCUT2D eigenvalue weighted by molar-refractivity contribution is 7.80. The predicted octanol–water partition coefficient (Wildman–Crippen LogP) is 3.36. The number of hydrogen-bond acceptors (Lipinski definition) is 2. The first-order chi connectivity index (χ1) is 10.2. The standard InChI is InChI=1S/C16H23N3OS/c20-15(12-11-13-7-3-1-4-8-13)18-19-16(21)17-14-9-5-2-6-10-14/h2,5-6,9-10,13H,1,3-4,7-8,11-12H2,(H,18,20)(H2,17,19,21). The number of thiocarbonyl (C=S) groups is 1. The smallest absolute Gasteiger partial charge is 0.238 e. The van der Waals surface area contributed by atoms with E-state index < -0.39 is 0 Å². The van der Waals surface area contributed by atoms with Gasteiger partial charge in [-0.15, -0.1) is 0 Å². The van der Waals surface area contributed by atoms with Crippen molar-refractivity contribution in [2.24, 2.45) is 5.92 Å². The fourth-order valence-electron chi connectivity index (χ4n) is 2.68. The molecule has 0 atom stereocenters. The SMILES string of the molecule is O=C(CCC1CCCCC1)NNC(=S)Nc1ccccc1. The van der Waals surface area contributed by atoms with Gasteiger partial charge in [0.05, 0.1) is 0 Å². The normalized spacial score (nSPS) is 15.2. The largest absolute Gasteiger partial charge is 0.331 e. The van der Waals surface area contributed by atoms with Gasteiger partial charge in [0.15, 0.2) is 5.11 Å². The highest BCUT2D eigenvalue weighted by Crippen LogP contribution is 2.27. The van der Waals surface area contributed by atoms with E-state index in [0.29, 0.717) is 11.5 Å². The number of nitrogens with one attached hydrogen (secondary N) is 3. The van der Waals surface area contributed by atoms with Crippen molar-refractivity contribution in [3.05, 3.63) is 30.3 Å². The van der Waals surface area contributed by atoms with E-state index in [2.05, 4.69) is 16.2 Å². The third-order valence-corrected chi connectivity index (χ3v) is 4.06. The van der Waals surface area contributed by atoms with Crippen molar-refractivity contribution >= 4 is 28.9 Å². The van der Waals surface area contributed by atoms with Gasteiger partial charge in [-0.3, -0.25) is 15.6 Å². The van der Waals surface area contributed by atoms with E-state index in [1.165, 1.54) is 32.1 Å². The molecule has 5 heteroatoms. The monoisotopic (exact) mass is 305 g/mol. The maximum Gasteiger partial charge on any atom is 0.238 e. The second-order valence-electron chi connectivity index (χ2n) is 5.54. The van der Waals surface area contributed by atoms with E-state index in [1.807, 2.05) is 30.3 Å². The minimum absolute atomic E-state index is 0.00205. The molecule has 0 unspecified atom stereocenters. The van der Waals surface area contributed by atoms with E-state index in [-0.39, 0.29) is 5.91 Å². The average Bonchev–Trinajstić information content (AvgIpc) is 2.53. The quantitative estimate of drug-likeness (QED) is 0.590. The summed E-state index contributed by atoms with van der Waals surface area (Å²) < 4.78 is 0. The van der Waals surface area contributed by atoms with Gasteiger partial charge < -0.3 is 5.32 Å². The number of rotatable bonds is 4. The van der Waals surface area contributed by atoms with Crippen LogP contribution in [0.5, 0.6) is 0 Å². The summed E-state index contributed by atoms with van der Waals surface area (Å²) in [5.74, 6) is 0.719. The molecule has 0 bridgehead atoms. The molecule has 1 amide bonds. The predicted molar refractivity (Wildman–Crippen MR) is 89.8 cm³/mol. The van der Waals surface area contributed by atoms with Gasteiger partial charge in [-0.05, 0) is 36.7 Å². The molecule has 1 aliphatic carbocycles. The van der Waals surface area contributed by atoms with Crippen molar-refractivity contribution in [2.45, 2.75) is 44.9 Å². The van der Waals surface area contributed by atoms with Crippen molar-refractivity contribution in [1.82, 2.24) is 10.9 Å². The molecule has 21 heavy (non-hydrogen) atoms. The Bertz CT molecular complexity index is 458. The van der Waals surface area contributed by atoms with Crippen LogP contribution in [0.15, 0.2) is 30.3 Å². The van der Waals surface area contributed by atoms with Crippen LogP contribution in [0.3, 0.4) is 0 Å². The fourth-order valence-corrected chi connectivity index (χ4v) is 2.85. The van der Waals surface area contributed by atoms with Crippen LogP contribution >= 0.6 is 12.2 Å². The summed E-state index contributed by atoms with van der Waals surface area (Å²) in [6.45, 7) is 0. The molecule has 0 heterocycles. The van der Waals surface area contributed by atoms with Crippen molar-refractivity contribution in [2.75, 3.05) is 5.32 Å². The fraction of sp³-hybridized carbons (Fsp3) is 0.500. The van der Waals surface area contributed by atoms with E-state index in [4.69, 9.17) is 12.2 Å². The van der Waals surface area contributed by atoms with Gasteiger partial charge in [0.25, 0.3) is 0 Å². The Morgan fingerprint density at radius 1 is 1.10 bits per heavy atom. The number of para-hydroxylation sites is 1. The van der Waals surface area contributed by atoms with E-state index in [0.717, 1.165) is 18.0 Å². The van der Waals surface area contributed by atoms with Gasteiger partial charge >= 0.3 is 0 Å². The zero-order valence-electron chi connectivity index (χ0n) is 12.2. The molecule has 3 N–H and O–H groups in total. The summed E-state index contributed by atoms with van der Waals surface area (Å²) in [5.41, 5.74) is 6.28. The van der Waals surface area contributed by atoms with E-state index in [9.17, 15) is 4.79 Å². The maximum absolute atomic E-state index is 11.8. The first-order valence-corrected chi connectivity index (χ1v) is 8.06. The summed E-state index contributed by atoms with van der Waals surface area (Å²) >= 11 is 5.13. The Balaban J connectivity index is 1.60. The molecule has 0 aromatic heterocycles. The topological polar surface area (TPSA) is 53.2 Å². The lowest BCUT2D eigenvalue weighted by atomic mass is 9.86. The summed E-state index contributed by atoms with van der Waals surface area (Å²) in [7, 11) is 0. The zero-order valence-corrected chi connectivity index (χ0v) is 13.0. The van der Waals surface area contributed by atoms with Gasteiger partial charge in [-0.1, -0.05) is 50.3 Å². The first kappa shape index (κ1) is 15.8. The van der Waals surface area contributed by atoms with Crippen molar-refractivity contribution in [3.8, 4) is 0 Å². The minimum Gasteiger partial charge on any atom is -0.331 e. The lowest BCUT2D eigenvalue weighted by molar-refractivity contribution is -0.122.